The van der Waals surface area contributed by atoms with Gasteiger partial charge in [0, 0.05) is 5.57 Å². The Hall–Kier alpha value is -1.33. The van der Waals surface area contributed by atoms with Crippen LogP contribution in [0.25, 0.3) is 0 Å². The lowest BCUT2D eigenvalue weighted by Gasteiger charge is -1.96. The number of allylic oxidation sites excluding steroid dienone is 7. The summed E-state index contributed by atoms with van der Waals surface area (Å²) in [5.74, 6) is 1.89. The fraction of sp³-hybridized carbons (Fsp3) is 0.200. The van der Waals surface area contributed by atoms with Crippen molar-refractivity contribution >= 4 is 5.94 Å². The van der Waals surface area contributed by atoms with Gasteiger partial charge in [-0.2, -0.15) is 0 Å². The summed E-state index contributed by atoms with van der Waals surface area (Å²) >= 11 is 0. The lowest BCUT2D eigenvalue weighted by molar-refractivity contribution is 0.567. The standard InChI is InChI=1S/C10H10O/c1-9(8-11)10-6-4-2-3-5-7-10/h2-6H,7H2,1H3. The van der Waals surface area contributed by atoms with Crippen molar-refractivity contribution in [2.75, 3.05) is 0 Å². The van der Waals surface area contributed by atoms with Gasteiger partial charge in [-0.05, 0) is 18.9 Å². The van der Waals surface area contributed by atoms with Crippen molar-refractivity contribution in [2.45, 2.75) is 13.3 Å². The van der Waals surface area contributed by atoms with E-state index in [2.05, 4.69) is 0 Å². The molecule has 0 N–H and O–H groups in total. The highest BCUT2D eigenvalue weighted by Crippen LogP contribution is 2.13. The first-order valence-electron chi connectivity index (χ1n) is 3.59. The van der Waals surface area contributed by atoms with E-state index in [1.165, 1.54) is 0 Å². The van der Waals surface area contributed by atoms with Crippen LogP contribution in [0.1, 0.15) is 13.3 Å². The Labute approximate surface area is 66.4 Å². The molecule has 0 heterocycles. The lowest BCUT2D eigenvalue weighted by Crippen LogP contribution is -1.83. The van der Waals surface area contributed by atoms with Crippen molar-refractivity contribution in [3.63, 3.8) is 0 Å². The first-order chi connectivity index (χ1) is 5.34. The van der Waals surface area contributed by atoms with Crippen LogP contribution in [0.4, 0.5) is 0 Å². The van der Waals surface area contributed by atoms with Crippen LogP contribution >= 0.6 is 0 Å². The highest BCUT2D eigenvalue weighted by molar-refractivity contribution is 5.60. The second-order valence-electron chi connectivity index (χ2n) is 2.44. The number of hydrogen-bond donors (Lipinski definition) is 0. The fourth-order valence-electron chi connectivity index (χ4n) is 0.921. The third-order valence-electron chi connectivity index (χ3n) is 1.63. The summed E-state index contributed by atoms with van der Waals surface area (Å²) in [6, 6.07) is 0. The average molecular weight is 146 g/mol. The number of rotatable bonds is 1. The summed E-state index contributed by atoms with van der Waals surface area (Å²) in [7, 11) is 0. The molecule has 1 nitrogen and oxygen atoms in total. The molecule has 0 radical (unpaired) electrons. The summed E-state index contributed by atoms with van der Waals surface area (Å²) in [5.41, 5.74) is 1.74. The second kappa shape index (κ2) is 3.75. The lowest BCUT2D eigenvalue weighted by atomic mass is 10.1. The van der Waals surface area contributed by atoms with Crippen LogP contribution in [0, 0.1) is 0 Å². The Morgan fingerprint density at radius 1 is 1.45 bits per heavy atom. The molecular weight excluding hydrogens is 136 g/mol. The van der Waals surface area contributed by atoms with E-state index in [9.17, 15) is 4.79 Å². The summed E-state index contributed by atoms with van der Waals surface area (Å²) in [6.45, 7) is 1.78. The number of hydrogen-bond acceptors (Lipinski definition) is 1. The van der Waals surface area contributed by atoms with E-state index in [0.717, 1.165) is 12.0 Å². The minimum Gasteiger partial charge on any atom is -0.233 e. The van der Waals surface area contributed by atoms with E-state index in [1.54, 1.807) is 6.92 Å². The molecule has 0 atom stereocenters. The molecule has 0 aromatic heterocycles. The molecule has 0 aliphatic heterocycles. The van der Waals surface area contributed by atoms with Crippen LogP contribution in [-0.2, 0) is 4.79 Å². The van der Waals surface area contributed by atoms with E-state index in [-0.39, 0.29) is 0 Å². The van der Waals surface area contributed by atoms with E-state index in [0.29, 0.717) is 5.57 Å². The number of carbonyl (C=O) groups excluding carboxylic acids is 1. The van der Waals surface area contributed by atoms with Crippen LogP contribution in [0.2, 0.25) is 0 Å². The van der Waals surface area contributed by atoms with Gasteiger partial charge in [0.05, 0.1) is 0 Å². The minimum atomic E-state index is 0.696. The van der Waals surface area contributed by atoms with Crippen molar-refractivity contribution in [3.8, 4) is 0 Å². The van der Waals surface area contributed by atoms with Crippen molar-refractivity contribution in [1.29, 1.82) is 0 Å². The van der Waals surface area contributed by atoms with Crippen LogP contribution in [0.3, 0.4) is 0 Å². The van der Waals surface area contributed by atoms with Gasteiger partial charge in [0.25, 0.3) is 0 Å². The summed E-state index contributed by atoms with van der Waals surface area (Å²) < 4.78 is 0. The SMILES string of the molecule is CC(=C=O)C1=CC=CC=CC1. The Morgan fingerprint density at radius 3 is 3.00 bits per heavy atom. The van der Waals surface area contributed by atoms with Gasteiger partial charge in [-0.1, -0.05) is 30.4 Å². The van der Waals surface area contributed by atoms with Gasteiger partial charge in [0.1, 0.15) is 5.94 Å². The maximum absolute atomic E-state index is 10.3. The fourth-order valence-corrected chi connectivity index (χ4v) is 0.921. The summed E-state index contributed by atoms with van der Waals surface area (Å²) in [4.78, 5) is 10.3. The van der Waals surface area contributed by atoms with Gasteiger partial charge in [-0.25, -0.2) is 4.79 Å². The molecule has 0 fully saturated rings. The summed E-state index contributed by atoms with van der Waals surface area (Å²) in [5, 5.41) is 0. The summed E-state index contributed by atoms with van der Waals surface area (Å²) in [6.07, 6.45) is 10.6. The molecule has 0 bridgehead atoms. The Kier molecular flexibility index (Phi) is 2.65. The zero-order valence-corrected chi connectivity index (χ0v) is 6.50. The normalized spacial score (nSPS) is 15.2. The Balaban J connectivity index is 2.89. The van der Waals surface area contributed by atoms with Crippen molar-refractivity contribution in [2.24, 2.45) is 0 Å². The molecule has 1 aliphatic rings. The van der Waals surface area contributed by atoms with Crippen LogP contribution in [-0.4, -0.2) is 5.94 Å². The van der Waals surface area contributed by atoms with Crippen molar-refractivity contribution in [1.82, 2.24) is 0 Å². The van der Waals surface area contributed by atoms with E-state index >= 15 is 0 Å². The quantitative estimate of drug-likeness (QED) is 0.518. The maximum Gasteiger partial charge on any atom is 0.127 e. The molecule has 0 aromatic rings. The molecule has 0 amide bonds. The largest absolute Gasteiger partial charge is 0.233 e. The molecule has 0 aromatic carbocycles. The van der Waals surface area contributed by atoms with Gasteiger partial charge in [0.15, 0.2) is 0 Å². The van der Waals surface area contributed by atoms with Crippen molar-refractivity contribution < 1.29 is 4.79 Å². The van der Waals surface area contributed by atoms with E-state index in [4.69, 9.17) is 0 Å². The third-order valence-corrected chi connectivity index (χ3v) is 1.63. The van der Waals surface area contributed by atoms with Gasteiger partial charge in [-0.3, -0.25) is 0 Å². The zero-order valence-electron chi connectivity index (χ0n) is 6.50. The monoisotopic (exact) mass is 146 g/mol. The first-order valence-corrected chi connectivity index (χ1v) is 3.59. The molecule has 1 aliphatic carbocycles. The van der Waals surface area contributed by atoms with Crippen LogP contribution < -0.4 is 0 Å². The van der Waals surface area contributed by atoms with Crippen LogP contribution in [0.5, 0.6) is 0 Å². The van der Waals surface area contributed by atoms with Gasteiger partial charge in [0.2, 0.25) is 0 Å². The molecule has 56 valence electrons. The minimum absolute atomic E-state index is 0.696. The molecule has 0 saturated carbocycles. The second-order valence-corrected chi connectivity index (χ2v) is 2.44. The Morgan fingerprint density at radius 2 is 2.27 bits per heavy atom. The van der Waals surface area contributed by atoms with Gasteiger partial charge < -0.3 is 0 Å². The molecule has 0 spiro atoms. The van der Waals surface area contributed by atoms with Gasteiger partial charge in [-0.15, -0.1) is 0 Å². The average Bonchev–Trinajstić information content (AvgIpc) is 2.30. The van der Waals surface area contributed by atoms with Crippen molar-refractivity contribution in [3.05, 3.63) is 41.5 Å². The predicted molar refractivity (Wildman–Crippen MR) is 45.9 cm³/mol. The third kappa shape index (κ3) is 2.06. The Bertz CT molecular complexity index is 273. The van der Waals surface area contributed by atoms with E-state index in [1.807, 2.05) is 36.3 Å². The highest BCUT2D eigenvalue weighted by atomic mass is 16.1. The smallest absolute Gasteiger partial charge is 0.127 e. The molecule has 0 saturated heterocycles. The zero-order chi connectivity index (χ0) is 8.10. The highest BCUT2D eigenvalue weighted by Gasteiger charge is 1.97. The molecular formula is C10H10O. The predicted octanol–water partition coefficient (Wildman–Crippen LogP) is 2.21. The van der Waals surface area contributed by atoms with E-state index < -0.39 is 0 Å². The molecule has 1 heteroatoms. The molecule has 1 rings (SSSR count). The van der Waals surface area contributed by atoms with Crippen LogP contribution in [0.15, 0.2) is 41.5 Å². The topological polar surface area (TPSA) is 17.1 Å². The maximum atomic E-state index is 10.3. The van der Waals surface area contributed by atoms with Gasteiger partial charge >= 0.3 is 0 Å². The molecule has 0 unspecified atom stereocenters. The molecule has 11 heavy (non-hydrogen) atoms. The first kappa shape index (κ1) is 7.77.